The van der Waals surface area contributed by atoms with E-state index < -0.39 is 11.9 Å². The van der Waals surface area contributed by atoms with E-state index in [0.717, 1.165) is 12.8 Å². The Kier molecular flexibility index (Phi) is 6.42. The number of carbonyl (C=O) groups excluding carboxylic acids is 2. The van der Waals surface area contributed by atoms with Crippen LogP contribution in [0.4, 0.5) is 0 Å². The molecule has 1 fully saturated rings. The predicted octanol–water partition coefficient (Wildman–Crippen LogP) is -1.16. The molecule has 1 amide bonds. The first-order chi connectivity index (χ1) is 9.38. The molecule has 0 aromatic heterocycles. The van der Waals surface area contributed by atoms with Crippen LogP contribution in [0.25, 0.3) is 0 Å². The Hall–Kier alpha value is -1.14. The molecule has 0 unspecified atom stereocenters. The van der Waals surface area contributed by atoms with Gasteiger partial charge >= 0.3 is 0 Å². The molecule has 0 aliphatic heterocycles. The van der Waals surface area contributed by atoms with Gasteiger partial charge in [-0.25, -0.2) is 0 Å². The van der Waals surface area contributed by atoms with Gasteiger partial charge in [-0.15, -0.1) is 0 Å². The van der Waals surface area contributed by atoms with Crippen molar-refractivity contribution in [3.63, 3.8) is 0 Å². The number of carbonyl (C=O) groups is 2. The van der Waals surface area contributed by atoms with E-state index in [1.807, 2.05) is 13.8 Å². The number of amides is 1. The lowest BCUT2D eigenvalue weighted by Gasteiger charge is -2.40. The largest absolute Gasteiger partial charge is 0.550 e. The summed E-state index contributed by atoms with van der Waals surface area (Å²) in [6, 6.07) is -0.418. The molecule has 6 heteroatoms. The number of aliphatic carboxylic acids is 1. The summed E-state index contributed by atoms with van der Waals surface area (Å²) in [5.74, 6) is -1.76. The predicted molar refractivity (Wildman–Crippen MR) is 71.3 cm³/mol. The topological polar surface area (TPSA) is 106 Å². The first-order valence-electron chi connectivity index (χ1n) is 7.35. The van der Waals surface area contributed by atoms with Gasteiger partial charge < -0.3 is 25.7 Å². The Bertz CT molecular complexity index is 344. The van der Waals surface area contributed by atoms with E-state index in [2.05, 4.69) is 11.1 Å². The summed E-state index contributed by atoms with van der Waals surface area (Å²) >= 11 is 0. The normalized spacial score (nSPS) is 30.2. The van der Waals surface area contributed by atoms with Crippen LogP contribution in [0.2, 0.25) is 0 Å². The van der Waals surface area contributed by atoms with Gasteiger partial charge in [-0.2, -0.15) is 0 Å². The van der Waals surface area contributed by atoms with Crippen LogP contribution in [0.3, 0.4) is 0 Å². The number of nitrogens with one attached hydrogen (secondary N) is 1. The van der Waals surface area contributed by atoms with Gasteiger partial charge in [-0.3, -0.25) is 4.79 Å². The first kappa shape index (κ1) is 16.9. The molecule has 0 saturated heterocycles. The third-order valence-corrected chi connectivity index (χ3v) is 3.99. The molecule has 0 spiro atoms. The lowest BCUT2D eigenvalue weighted by atomic mass is 9.80. The Morgan fingerprint density at radius 1 is 1.35 bits per heavy atom. The third kappa shape index (κ3) is 4.45. The molecule has 1 rings (SSSR count). The molecule has 116 valence electrons. The van der Waals surface area contributed by atoms with E-state index >= 15 is 0 Å². The van der Waals surface area contributed by atoms with E-state index in [1.165, 1.54) is 6.92 Å². The third-order valence-electron chi connectivity index (χ3n) is 3.99. The summed E-state index contributed by atoms with van der Waals surface area (Å²) in [5, 5.41) is 14.0. The van der Waals surface area contributed by atoms with Crippen molar-refractivity contribution in [2.24, 2.45) is 5.92 Å². The number of carboxylic acids is 1. The van der Waals surface area contributed by atoms with E-state index in [4.69, 9.17) is 4.74 Å². The fourth-order valence-electron chi connectivity index (χ4n) is 2.85. The van der Waals surface area contributed by atoms with E-state index in [0.29, 0.717) is 12.8 Å². The lowest BCUT2D eigenvalue weighted by molar-refractivity contribution is -0.439. The Morgan fingerprint density at radius 3 is 2.40 bits per heavy atom. The Labute approximate surface area is 120 Å². The molecule has 0 aromatic carbocycles. The van der Waals surface area contributed by atoms with Crippen LogP contribution in [-0.4, -0.2) is 36.2 Å². The van der Waals surface area contributed by atoms with Crippen molar-refractivity contribution in [3.8, 4) is 0 Å². The Balaban J connectivity index is 2.83. The number of quaternary nitrogens is 1. The summed E-state index contributed by atoms with van der Waals surface area (Å²) < 4.78 is 6.01. The molecule has 1 aliphatic carbocycles. The average molecular weight is 286 g/mol. The highest BCUT2D eigenvalue weighted by Crippen LogP contribution is 2.27. The van der Waals surface area contributed by atoms with E-state index in [9.17, 15) is 14.7 Å². The maximum atomic E-state index is 11.3. The molecule has 6 nitrogen and oxygen atoms in total. The zero-order chi connectivity index (χ0) is 15.3. The van der Waals surface area contributed by atoms with Gasteiger partial charge in [-0.05, 0) is 19.3 Å². The van der Waals surface area contributed by atoms with Crippen LogP contribution in [0.15, 0.2) is 0 Å². The van der Waals surface area contributed by atoms with Crippen molar-refractivity contribution in [3.05, 3.63) is 0 Å². The summed E-state index contributed by atoms with van der Waals surface area (Å²) in [6.45, 7) is 5.51. The highest BCUT2D eigenvalue weighted by Gasteiger charge is 2.40. The van der Waals surface area contributed by atoms with Gasteiger partial charge in [0.15, 0.2) is 0 Å². The summed E-state index contributed by atoms with van der Waals surface area (Å²) in [4.78, 5) is 22.4. The zero-order valence-corrected chi connectivity index (χ0v) is 12.6. The van der Waals surface area contributed by atoms with Crippen LogP contribution in [-0.2, 0) is 14.3 Å². The molecule has 0 aromatic rings. The van der Waals surface area contributed by atoms with Crippen LogP contribution >= 0.6 is 0 Å². The standard InChI is InChI=1S/C14H26N2O4/c1-4-10(5-2)20-12-7-9(14(18)19)6-11(15)13(12)16-8(3)17/h9-13H,4-7,15H2,1-3H3,(H,16,17)(H,18,19)/t9-,11+,12-,13-/m1/s1. The first-order valence-corrected chi connectivity index (χ1v) is 7.35. The molecular weight excluding hydrogens is 260 g/mol. The van der Waals surface area contributed by atoms with Crippen molar-refractivity contribution >= 4 is 11.9 Å². The molecule has 0 heterocycles. The number of ether oxygens (including phenoxy) is 1. The number of hydrogen-bond donors (Lipinski definition) is 2. The minimum Gasteiger partial charge on any atom is -0.550 e. The fraction of sp³-hybridized carbons (Fsp3) is 0.857. The quantitative estimate of drug-likeness (QED) is 0.642. The van der Waals surface area contributed by atoms with Gasteiger partial charge in [0.1, 0.15) is 12.1 Å². The summed E-state index contributed by atoms with van der Waals surface area (Å²) in [6.07, 6.45) is 2.26. The second-order valence-corrected chi connectivity index (χ2v) is 5.59. The summed E-state index contributed by atoms with van der Waals surface area (Å²) in [7, 11) is 0. The van der Waals surface area contributed by atoms with Gasteiger partial charge in [-0.1, -0.05) is 13.8 Å². The zero-order valence-electron chi connectivity index (χ0n) is 12.6. The van der Waals surface area contributed by atoms with Gasteiger partial charge in [0.05, 0.1) is 12.2 Å². The number of carboxylic acid groups (broad SMARTS) is 1. The van der Waals surface area contributed by atoms with Crippen LogP contribution in [0, 0.1) is 5.92 Å². The van der Waals surface area contributed by atoms with Gasteiger partial charge in [0.25, 0.3) is 0 Å². The van der Waals surface area contributed by atoms with Crippen molar-refractivity contribution < 1.29 is 25.2 Å². The van der Waals surface area contributed by atoms with Crippen LogP contribution < -0.4 is 16.2 Å². The van der Waals surface area contributed by atoms with Crippen molar-refractivity contribution in [1.82, 2.24) is 5.32 Å². The minimum atomic E-state index is -1.06. The molecular formula is C14H26N2O4. The van der Waals surface area contributed by atoms with E-state index in [1.54, 1.807) is 0 Å². The monoisotopic (exact) mass is 286 g/mol. The van der Waals surface area contributed by atoms with Gasteiger partial charge in [0.2, 0.25) is 5.91 Å². The minimum absolute atomic E-state index is 0.0731. The fourth-order valence-corrected chi connectivity index (χ4v) is 2.85. The second-order valence-electron chi connectivity index (χ2n) is 5.59. The maximum Gasteiger partial charge on any atom is 0.217 e. The van der Waals surface area contributed by atoms with Crippen LogP contribution in [0.5, 0.6) is 0 Å². The van der Waals surface area contributed by atoms with Crippen molar-refractivity contribution in [2.45, 2.75) is 70.7 Å². The molecule has 4 N–H and O–H groups in total. The molecule has 1 aliphatic rings. The van der Waals surface area contributed by atoms with Crippen molar-refractivity contribution in [1.29, 1.82) is 0 Å². The molecule has 0 bridgehead atoms. The molecule has 20 heavy (non-hydrogen) atoms. The highest BCUT2D eigenvalue weighted by atomic mass is 16.5. The van der Waals surface area contributed by atoms with Gasteiger partial charge in [0, 0.05) is 25.2 Å². The summed E-state index contributed by atoms with van der Waals surface area (Å²) in [5.41, 5.74) is 3.99. The highest BCUT2D eigenvalue weighted by molar-refractivity contribution is 5.73. The lowest BCUT2D eigenvalue weighted by Crippen LogP contribution is -2.75. The Morgan fingerprint density at radius 2 is 1.95 bits per heavy atom. The van der Waals surface area contributed by atoms with E-state index in [-0.39, 0.29) is 30.2 Å². The number of rotatable bonds is 6. The molecule has 0 radical (unpaired) electrons. The molecule has 1 saturated carbocycles. The van der Waals surface area contributed by atoms with Crippen LogP contribution in [0.1, 0.15) is 46.5 Å². The average Bonchev–Trinajstić information content (AvgIpc) is 2.38. The van der Waals surface area contributed by atoms with Crippen molar-refractivity contribution in [2.75, 3.05) is 0 Å². The maximum absolute atomic E-state index is 11.3. The molecule has 4 atom stereocenters. The SMILES string of the molecule is CCC(CC)O[C@@H]1C[C@H](C(=O)[O-])C[C@H]([NH3+])[C@H]1NC(C)=O. The smallest absolute Gasteiger partial charge is 0.217 e. The second kappa shape index (κ2) is 7.59. The number of hydrogen-bond acceptors (Lipinski definition) is 4.